The molecule has 10 aromatic carbocycles. The zero-order valence-electron chi connectivity index (χ0n) is 32.0. The van der Waals surface area contributed by atoms with Crippen molar-refractivity contribution in [3.63, 3.8) is 0 Å². The highest BCUT2D eigenvalue weighted by Crippen LogP contribution is 2.43. The first-order valence-electron chi connectivity index (χ1n) is 20.1. The molecule has 0 fully saturated rings. The summed E-state index contributed by atoms with van der Waals surface area (Å²) < 4.78 is 9.18. The molecule has 0 aliphatic rings. The third kappa shape index (κ3) is 5.62. The van der Waals surface area contributed by atoms with E-state index in [1.54, 1.807) is 0 Å². The first-order chi connectivity index (χ1) is 29.2. The van der Waals surface area contributed by atoms with E-state index in [9.17, 15) is 0 Å². The molecule has 0 bridgehead atoms. The third-order valence-corrected chi connectivity index (χ3v) is 13.0. The fraction of sp³-hybridized carbons (Fsp3) is 0. The van der Waals surface area contributed by atoms with Crippen LogP contribution >= 0.6 is 11.3 Å². The molecule has 2 heterocycles. The number of hydrogen-bond acceptors (Lipinski definition) is 3. The standard InChI is InChI=1S/C56H35NOS/c1-3-12-45-37(9-1)11-7-15-46(45)39-21-29-43(30-22-39)57(42-27-19-36(20-28-42)41-26-33-50-49-14-5-6-18-53(49)59-54(50)35-41)44-31-23-40(24-32-44)47-16-8-17-52-55(47)51-34-25-38-10-2-4-13-48(38)56(51)58-52/h1-35H. The molecule has 0 saturated carbocycles. The van der Waals surface area contributed by atoms with Crippen molar-refractivity contribution in [1.82, 2.24) is 0 Å². The average Bonchev–Trinajstić information content (AvgIpc) is 3.88. The van der Waals surface area contributed by atoms with Gasteiger partial charge < -0.3 is 9.32 Å². The quantitative estimate of drug-likeness (QED) is 0.167. The van der Waals surface area contributed by atoms with Crippen molar-refractivity contribution in [3.05, 3.63) is 212 Å². The van der Waals surface area contributed by atoms with E-state index in [2.05, 4.69) is 217 Å². The Morgan fingerprint density at radius 2 is 0.864 bits per heavy atom. The van der Waals surface area contributed by atoms with Crippen LogP contribution in [0.4, 0.5) is 17.1 Å². The molecule has 0 aliphatic heterocycles. The number of thiophene rings is 1. The van der Waals surface area contributed by atoms with E-state index in [0.29, 0.717) is 0 Å². The number of hydrogen-bond donors (Lipinski definition) is 0. The van der Waals surface area contributed by atoms with E-state index in [-0.39, 0.29) is 0 Å². The van der Waals surface area contributed by atoms with Gasteiger partial charge in [0.25, 0.3) is 0 Å². The molecule has 0 N–H and O–H groups in total. The molecule has 2 nitrogen and oxygen atoms in total. The second-order valence-electron chi connectivity index (χ2n) is 15.3. The first kappa shape index (κ1) is 33.7. The number of fused-ring (bicyclic) bond motifs is 9. The molecule has 0 unspecified atom stereocenters. The Morgan fingerprint density at radius 1 is 0.339 bits per heavy atom. The Labute approximate surface area is 345 Å². The maximum atomic E-state index is 6.54. The smallest absolute Gasteiger partial charge is 0.143 e. The zero-order chi connectivity index (χ0) is 38.9. The van der Waals surface area contributed by atoms with Crippen LogP contribution in [0.15, 0.2) is 217 Å². The Bertz CT molecular complexity index is 3530. The van der Waals surface area contributed by atoms with Gasteiger partial charge in [0, 0.05) is 53.4 Å². The fourth-order valence-electron chi connectivity index (χ4n) is 9.01. The molecular weight excluding hydrogens is 735 g/mol. The van der Waals surface area contributed by atoms with Gasteiger partial charge in [0.2, 0.25) is 0 Å². The molecule has 0 amide bonds. The first-order valence-corrected chi connectivity index (χ1v) is 20.9. The Hall–Kier alpha value is -7.46. The maximum absolute atomic E-state index is 6.54. The highest BCUT2D eigenvalue weighted by atomic mass is 32.1. The number of nitrogens with zero attached hydrogens (tertiary/aromatic N) is 1. The van der Waals surface area contributed by atoms with Gasteiger partial charge in [-0.05, 0) is 110 Å². The summed E-state index contributed by atoms with van der Waals surface area (Å²) in [5.41, 5.74) is 12.3. The Kier molecular flexibility index (Phi) is 7.75. The van der Waals surface area contributed by atoms with Crippen LogP contribution < -0.4 is 4.90 Å². The lowest BCUT2D eigenvalue weighted by atomic mass is 9.97. The normalized spacial score (nSPS) is 11.7. The van der Waals surface area contributed by atoms with Gasteiger partial charge in [0.15, 0.2) is 0 Å². The second-order valence-corrected chi connectivity index (χ2v) is 16.3. The highest BCUT2D eigenvalue weighted by molar-refractivity contribution is 7.25. The van der Waals surface area contributed by atoms with Crippen molar-refractivity contribution in [1.29, 1.82) is 0 Å². The van der Waals surface area contributed by atoms with Gasteiger partial charge in [-0.2, -0.15) is 0 Å². The number of rotatable bonds is 6. The second kappa shape index (κ2) is 13.6. The summed E-state index contributed by atoms with van der Waals surface area (Å²) >= 11 is 1.86. The fourth-order valence-corrected chi connectivity index (χ4v) is 10.2. The van der Waals surface area contributed by atoms with Crippen LogP contribution in [0.3, 0.4) is 0 Å². The van der Waals surface area contributed by atoms with E-state index in [1.165, 1.54) is 58.6 Å². The predicted molar refractivity (Wildman–Crippen MR) is 253 cm³/mol. The van der Waals surface area contributed by atoms with Crippen LogP contribution in [-0.2, 0) is 0 Å². The molecule has 0 saturated heterocycles. The zero-order valence-corrected chi connectivity index (χ0v) is 32.8. The minimum absolute atomic E-state index is 0.900. The molecule has 59 heavy (non-hydrogen) atoms. The summed E-state index contributed by atoms with van der Waals surface area (Å²) in [6, 6.07) is 76.9. The molecule has 0 atom stereocenters. The molecule has 3 heteroatoms. The number of anilines is 3. The summed E-state index contributed by atoms with van der Waals surface area (Å²) in [7, 11) is 0. The van der Waals surface area contributed by atoms with Crippen LogP contribution in [0.1, 0.15) is 0 Å². The van der Waals surface area contributed by atoms with Gasteiger partial charge in [-0.15, -0.1) is 11.3 Å². The summed E-state index contributed by atoms with van der Waals surface area (Å²) in [5, 5.41) is 9.74. The van der Waals surface area contributed by atoms with Gasteiger partial charge in [-0.25, -0.2) is 0 Å². The van der Waals surface area contributed by atoms with Crippen molar-refractivity contribution in [2.75, 3.05) is 4.90 Å². The Balaban J connectivity index is 0.947. The number of furan rings is 1. The van der Waals surface area contributed by atoms with E-state index >= 15 is 0 Å². The predicted octanol–water partition coefficient (Wildman–Crippen LogP) is 16.7. The van der Waals surface area contributed by atoms with Crippen molar-refractivity contribution in [3.8, 4) is 33.4 Å². The van der Waals surface area contributed by atoms with Crippen molar-refractivity contribution in [2.45, 2.75) is 0 Å². The Morgan fingerprint density at radius 3 is 1.61 bits per heavy atom. The van der Waals surface area contributed by atoms with Gasteiger partial charge in [-0.1, -0.05) is 152 Å². The topological polar surface area (TPSA) is 16.4 Å². The monoisotopic (exact) mass is 769 g/mol. The van der Waals surface area contributed by atoms with Crippen LogP contribution in [0, 0.1) is 0 Å². The molecular formula is C56H35NOS. The van der Waals surface area contributed by atoms with Crippen LogP contribution in [0.2, 0.25) is 0 Å². The summed E-state index contributed by atoms with van der Waals surface area (Å²) in [5.74, 6) is 0. The molecule has 276 valence electrons. The van der Waals surface area contributed by atoms with E-state index in [0.717, 1.165) is 55.5 Å². The molecule has 0 aliphatic carbocycles. The lowest BCUT2D eigenvalue weighted by molar-refractivity contribution is 0.673. The largest absolute Gasteiger partial charge is 0.455 e. The SMILES string of the molecule is c1ccc2c(-c3ccc(N(c4ccc(-c5ccc6c(c5)sc5ccccc56)cc4)c4ccc(-c5cccc6oc7c8ccccc8ccc7c56)cc4)cc3)cccc2c1. The van der Waals surface area contributed by atoms with Crippen molar-refractivity contribution < 1.29 is 4.42 Å². The maximum Gasteiger partial charge on any atom is 0.143 e. The minimum atomic E-state index is 0.900. The summed E-state index contributed by atoms with van der Waals surface area (Å²) in [6.45, 7) is 0. The third-order valence-electron chi connectivity index (χ3n) is 11.9. The van der Waals surface area contributed by atoms with E-state index < -0.39 is 0 Å². The lowest BCUT2D eigenvalue weighted by Gasteiger charge is -2.26. The number of benzene rings is 10. The van der Waals surface area contributed by atoms with Gasteiger partial charge in [0.1, 0.15) is 11.2 Å². The summed E-state index contributed by atoms with van der Waals surface area (Å²) in [6.07, 6.45) is 0. The van der Waals surface area contributed by atoms with Gasteiger partial charge >= 0.3 is 0 Å². The minimum Gasteiger partial charge on any atom is -0.455 e. The van der Waals surface area contributed by atoms with Crippen molar-refractivity contribution in [2.24, 2.45) is 0 Å². The average molecular weight is 770 g/mol. The molecule has 0 spiro atoms. The molecule has 12 aromatic rings. The van der Waals surface area contributed by atoms with Crippen LogP contribution in [-0.4, -0.2) is 0 Å². The molecule has 12 rings (SSSR count). The van der Waals surface area contributed by atoms with E-state index in [1.807, 2.05) is 11.3 Å². The van der Waals surface area contributed by atoms with Gasteiger partial charge in [-0.3, -0.25) is 0 Å². The summed E-state index contributed by atoms with van der Waals surface area (Å²) in [4.78, 5) is 2.36. The molecule has 0 radical (unpaired) electrons. The van der Waals surface area contributed by atoms with Crippen LogP contribution in [0.5, 0.6) is 0 Å². The van der Waals surface area contributed by atoms with E-state index in [4.69, 9.17) is 4.42 Å². The highest BCUT2D eigenvalue weighted by Gasteiger charge is 2.18. The molecule has 2 aromatic heterocycles. The lowest BCUT2D eigenvalue weighted by Crippen LogP contribution is -2.09. The van der Waals surface area contributed by atoms with Gasteiger partial charge in [0.05, 0.1) is 0 Å². The van der Waals surface area contributed by atoms with Crippen LogP contribution in [0.25, 0.3) is 97.0 Å². The van der Waals surface area contributed by atoms with Crippen molar-refractivity contribution >= 4 is 92.1 Å².